The third-order valence-electron chi connectivity index (χ3n) is 3.77. The van der Waals surface area contributed by atoms with Crippen molar-refractivity contribution in [3.05, 3.63) is 11.6 Å². The Morgan fingerprint density at radius 2 is 1.74 bits per heavy atom. The van der Waals surface area contributed by atoms with Gasteiger partial charge in [-0.05, 0) is 52.5 Å². The summed E-state index contributed by atoms with van der Waals surface area (Å²) in [5.74, 6) is -0.116. The van der Waals surface area contributed by atoms with Crippen LogP contribution in [0.3, 0.4) is 0 Å². The van der Waals surface area contributed by atoms with Gasteiger partial charge in [-0.1, -0.05) is 6.08 Å². The molecule has 0 N–H and O–H groups in total. The molecule has 0 fully saturated rings. The lowest BCUT2D eigenvalue weighted by molar-refractivity contribution is -0.141. The first-order valence-electron chi connectivity index (χ1n) is 6.92. The van der Waals surface area contributed by atoms with Gasteiger partial charge in [-0.15, -0.1) is 0 Å². The van der Waals surface area contributed by atoms with E-state index in [-0.39, 0.29) is 11.6 Å². The summed E-state index contributed by atoms with van der Waals surface area (Å²) < 4.78 is 11.1. The largest absolute Gasteiger partial charge is 0.349 e. The Morgan fingerprint density at radius 3 is 2.16 bits per heavy atom. The van der Waals surface area contributed by atoms with E-state index in [2.05, 4.69) is 0 Å². The second-order valence-corrected chi connectivity index (χ2v) is 4.93. The molecule has 0 aromatic carbocycles. The zero-order valence-electron chi connectivity index (χ0n) is 12.3. The molecule has 1 rings (SSSR count). The van der Waals surface area contributed by atoms with Crippen LogP contribution in [0.4, 0.5) is 0 Å². The molecule has 108 valence electrons. The molecule has 0 atom stereocenters. The first kappa shape index (κ1) is 16.1. The van der Waals surface area contributed by atoms with Crippen LogP contribution in [0.1, 0.15) is 47.0 Å². The molecular weight excluding hydrogens is 244 g/mol. The van der Waals surface area contributed by atoms with Crippen LogP contribution in [-0.2, 0) is 19.1 Å². The van der Waals surface area contributed by atoms with Crippen LogP contribution in [0.15, 0.2) is 11.6 Å². The maximum Gasteiger partial charge on any atom is 0.179 e. The maximum absolute atomic E-state index is 11.9. The van der Waals surface area contributed by atoms with Crippen molar-refractivity contribution < 1.29 is 19.1 Å². The van der Waals surface area contributed by atoms with Crippen molar-refractivity contribution in [1.29, 1.82) is 0 Å². The predicted octanol–water partition coefficient (Wildman–Crippen LogP) is 2.66. The number of rotatable bonds is 7. The Balaban J connectivity index is 2.95. The lowest BCUT2D eigenvalue weighted by Crippen LogP contribution is -2.40. The molecule has 0 radical (unpaired) electrons. The fourth-order valence-electron chi connectivity index (χ4n) is 2.61. The minimum absolute atomic E-state index is 0.0580. The highest BCUT2D eigenvalue weighted by atomic mass is 16.7. The van der Waals surface area contributed by atoms with Gasteiger partial charge in [0.15, 0.2) is 6.29 Å². The van der Waals surface area contributed by atoms with Crippen molar-refractivity contribution in [2.75, 3.05) is 13.2 Å². The lowest BCUT2D eigenvalue weighted by Gasteiger charge is -2.35. The van der Waals surface area contributed by atoms with Gasteiger partial charge in [-0.2, -0.15) is 0 Å². The van der Waals surface area contributed by atoms with Crippen molar-refractivity contribution in [2.45, 2.75) is 53.2 Å². The summed E-state index contributed by atoms with van der Waals surface area (Å²) in [7, 11) is 0. The van der Waals surface area contributed by atoms with Gasteiger partial charge in [0, 0.05) is 13.2 Å². The first-order valence-corrected chi connectivity index (χ1v) is 6.92. The predicted molar refractivity (Wildman–Crippen MR) is 72.8 cm³/mol. The topological polar surface area (TPSA) is 52.6 Å². The SMILES string of the molecule is CCOC(OCC)C1=CCCC(C(C)=O)(C(C)=O)C1. The number of hydrogen-bond acceptors (Lipinski definition) is 4. The molecule has 0 aromatic heterocycles. The molecule has 0 heterocycles. The summed E-state index contributed by atoms with van der Waals surface area (Å²) in [5.41, 5.74) is 0.0386. The van der Waals surface area contributed by atoms with Gasteiger partial charge in [0.25, 0.3) is 0 Å². The summed E-state index contributed by atoms with van der Waals surface area (Å²) in [5, 5.41) is 0. The van der Waals surface area contributed by atoms with E-state index >= 15 is 0 Å². The Morgan fingerprint density at radius 1 is 1.21 bits per heavy atom. The number of ether oxygens (including phenoxy) is 2. The van der Waals surface area contributed by atoms with Gasteiger partial charge in [-0.3, -0.25) is 9.59 Å². The average Bonchev–Trinajstić information content (AvgIpc) is 2.38. The van der Waals surface area contributed by atoms with E-state index in [1.165, 1.54) is 13.8 Å². The number of allylic oxidation sites excluding steroid dienone is 1. The molecule has 0 spiro atoms. The van der Waals surface area contributed by atoms with Crippen molar-refractivity contribution in [3.63, 3.8) is 0 Å². The zero-order chi connectivity index (χ0) is 14.5. The Kier molecular flexibility index (Phi) is 5.88. The van der Waals surface area contributed by atoms with E-state index in [0.717, 1.165) is 5.57 Å². The quantitative estimate of drug-likeness (QED) is 0.404. The van der Waals surface area contributed by atoms with Gasteiger partial charge in [-0.25, -0.2) is 0 Å². The Hall–Kier alpha value is -1.00. The highest BCUT2D eigenvalue weighted by molar-refractivity contribution is 6.05. The first-order chi connectivity index (χ1) is 8.97. The van der Waals surface area contributed by atoms with Crippen molar-refractivity contribution in [1.82, 2.24) is 0 Å². The molecule has 0 aliphatic heterocycles. The third-order valence-corrected chi connectivity index (χ3v) is 3.77. The van der Waals surface area contributed by atoms with Crippen LogP contribution < -0.4 is 0 Å². The van der Waals surface area contributed by atoms with E-state index in [1.54, 1.807) is 0 Å². The lowest BCUT2D eigenvalue weighted by atomic mass is 9.69. The summed E-state index contributed by atoms with van der Waals surface area (Å²) in [6.07, 6.45) is 3.33. The average molecular weight is 268 g/mol. The van der Waals surface area contributed by atoms with Crippen LogP contribution in [-0.4, -0.2) is 31.1 Å². The highest BCUT2D eigenvalue weighted by Gasteiger charge is 2.43. The monoisotopic (exact) mass is 268 g/mol. The molecule has 0 aromatic rings. The summed E-state index contributed by atoms with van der Waals surface area (Å²) in [6, 6.07) is 0. The molecule has 0 unspecified atom stereocenters. The van der Waals surface area contributed by atoms with Crippen LogP contribution in [0.5, 0.6) is 0 Å². The van der Waals surface area contributed by atoms with Crippen LogP contribution in [0, 0.1) is 5.41 Å². The fraction of sp³-hybridized carbons (Fsp3) is 0.733. The van der Waals surface area contributed by atoms with Gasteiger partial charge >= 0.3 is 0 Å². The van der Waals surface area contributed by atoms with Crippen LogP contribution in [0.25, 0.3) is 0 Å². The summed E-state index contributed by atoms with van der Waals surface area (Å²) in [6.45, 7) is 7.88. The van der Waals surface area contributed by atoms with E-state index in [0.29, 0.717) is 32.5 Å². The van der Waals surface area contributed by atoms with Crippen molar-refractivity contribution in [3.8, 4) is 0 Å². The molecular formula is C15H24O4. The van der Waals surface area contributed by atoms with Gasteiger partial charge in [0.05, 0.1) is 5.41 Å². The highest BCUT2D eigenvalue weighted by Crippen LogP contribution is 2.39. The third kappa shape index (κ3) is 3.51. The minimum atomic E-state index is -0.878. The number of carbonyl (C=O) groups is 2. The molecule has 1 aliphatic rings. The van der Waals surface area contributed by atoms with E-state index in [1.807, 2.05) is 19.9 Å². The fourth-order valence-corrected chi connectivity index (χ4v) is 2.61. The van der Waals surface area contributed by atoms with Gasteiger partial charge in [0.2, 0.25) is 0 Å². The maximum atomic E-state index is 11.9. The number of Topliss-reactive ketones (excluding diaryl/α,β-unsaturated/α-hetero) is 2. The van der Waals surface area contributed by atoms with Crippen molar-refractivity contribution >= 4 is 11.6 Å². The smallest absolute Gasteiger partial charge is 0.179 e. The van der Waals surface area contributed by atoms with E-state index < -0.39 is 11.7 Å². The second-order valence-electron chi connectivity index (χ2n) is 4.93. The Labute approximate surface area is 115 Å². The normalized spacial score (nSPS) is 18.3. The zero-order valence-corrected chi connectivity index (χ0v) is 12.3. The van der Waals surface area contributed by atoms with E-state index in [9.17, 15) is 9.59 Å². The molecule has 19 heavy (non-hydrogen) atoms. The second kappa shape index (κ2) is 6.96. The Bertz CT molecular complexity index is 350. The van der Waals surface area contributed by atoms with Crippen LogP contribution in [0.2, 0.25) is 0 Å². The number of carbonyl (C=O) groups excluding carboxylic acids is 2. The van der Waals surface area contributed by atoms with Crippen LogP contribution >= 0.6 is 0 Å². The molecule has 0 saturated heterocycles. The van der Waals surface area contributed by atoms with Gasteiger partial charge in [0.1, 0.15) is 11.6 Å². The molecule has 4 nitrogen and oxygen atoms in total. The summed E-state index contributed by atoms with van der Waals surface area (Å²) in [4.78, 5) is 23.8. The molecule has 0 amide bonds. The summed E-state index contributed by atoms with van der Waals surface area (Å²) >= 11 is 0. The number of ketones is 2. The molecule has 0 saturated carbocycles. The molecule has 0 bridgehead atoms. The number of hydrogen-bond donors (Lipinski definition) is 0. The van der Waals surface area contributed by atoms with E-state index in [4.69, 9.17) is 9.47 Å². The standard InChI is InChI=1S/C15H24O4/c1-5-18-14(19-6-2)13-8-7-9-15(10-13,11(3)16)12(4)17/h8,14H,5-7,9-10H2,1-4H3. The molecule has 4 heteroatoms. The van der Waals surface area contributed by atoms with Crippen molar-refractivity contribution in [2.24, 2.45) is 5.41 Å². The molecule has 1 aliphatic carbocycles. The minimum Gasteiger partial charge on any atom is -0.349 e. The van der Waals surface area contributed by atoms with Gasteiger partial charge < -0.3 is 9.47 Å².